The van der Waals surface area contributed by atoms with E-state index in [0.29, 0.717) is 37.2 Å². The molecule has 0 aliphatic carbocycles. The molecule has 4 aromatic rings. The van der Waals surface area contributed by atoms with Gasteiger partial charge in [-0.15, -0.1) is 0 Å². The van der Waals surface area contributed by atoms with E-state index in [-0.39, 0.29) is 28.7 Å². The molecule has 6 rings (SSSR count). The fourth-order valence-electron chi connectivity index (χ4n) is 5.83. The quantitative estimate of drug-likeness (QED) is 0.215. The van der Waals surface area contributed by atoms with Gasteiger partial charge < -0.3 is 14.4 Å². The third-order valence-electron chi connectivity index (χ3n) is 8.30. The van der Waals surface area contributed by atoms with Crippen molar-refractivity contribution in [3.05, 3.63) is 118 Å². The van der Waals surface area contributed by atoms with Crippen LogP contribution in [0.1, 0.15) is 41.6 Å². The van der Waals surface area contributed by atoms with Crippen molar-refractivity contribution in [2.45, 2.75) is 49.4 Å². The Morgan fingerprint density at radius 2 is 1.73 bits per heavy atom. The van der Waals surface area contributed by atoms with E-state index >= 15 is 0 Å². The van der Waals surface area contributed by atoms with Crippen LogP contribution in [0.3, 0.4) is 0 Å². The largest absolute Gasteiger partial charge is 0.487 e. The van der Waals surface area contributed by atoms with E-state index in [1.54, 1.807) is 29.3 Å². The molecule has 0 unspecified atom stereocenters. The first kappa shape index (κ1) is 30.1. The number of nitrogens with zero attached hydrogens (tertiary/aromatic N) is 2. The molecule has 10 heteroatoms. The predicted molar refractivity (Wildman–Crippen MR) is 167 cm³/mol. The van der Waals surface area contributed by atoms with Gasteiger partial charge in [0.2, 0.25) is 0 Å². The number of aromatic nitrogens is 1. The molecule has 228 valence electrons. The highest BCUT2D eigenvalue weighted by Crippen LogP contribution is 2.41. The molecule has 0 saturated carbocycles. The summed E-state index contributed by atoms with van der Waals surface area (Å²) in [6, 6.07) is 23.1. The molecular weight excluding hydrogens is 603 g/mol. The normalized spacial score (nSPS) is 15.8. The first-order valence-corrected chi connectivity index (χ1v) is 16.7. The number of rotatable bonds is 7. The lowest BCUT2D eigenvalue weighted by Crippen LogP contribution is -2.51. The molecule has 44 heavy (non-hydrogen) atoms. The van der Waals surface area contributed by atoms with Gasteiger partial charge in [-0.2, -0.15) is 0 Å². The summed E-state index contributed by atoms with van der Waals surface area (Å²) in [4.78, 5) is 18.5. The molecule has 1 saturated heterocycles. The standard InChI is InChI=1S/C34H32ClFN2O5S/c35-31-20-29(36)10-8-28(31)21-42-33(39)38-17-14-34(15-18-38)13-12-27-19-26(9-11-32(27)43-34)25-6-4-24(5-7-25)22-44(40,41)23-30-3-1-2-16-37-30/h1-11,16,19-20H,12-15,17-18,21-23H2. The Morgan fingerprint density at radius 3 is 2.45 bits per heavy atom. The zero-order chi connectivity index (χ0) is 30.7. The molecular formula is C34H32ClFN2O5S. The molecule has 0 radical (unpaired) electrons. The van der Waals surface area contributed by atoms with Crippen LogP contribution in [0.2, 0.25) is 5.02 Å². The first-order chi connectivity index (χ1) is 21.2. The van der Waals surface area contributed by atoms with Crippen LogP contribution in [0.25, 0.3) is 11.1 Å². The second-order valence-electron chi connectivity index (χ2n) is 11.4. The third kappa shape index (κ3) is 7.05. The number of fused-ring (bicyclic) bond motifs is 1. The highest BCUT2D eigenvalue weighted by molar-refractivity contribution is 7.89. The average Bonchev–Trinajstić information content (AvgIpc) is 3.01. The lowest BCUT2D eigenvalue weighted by molar-refractivity contribution is -0.0150. The zero-order valence-electron chi connectivity index (χ0n) is 24.0. The van der Waals surface area contributed by atoms with Crippen molar-refractivity contribution in [2.75, 3.05) is 13.1 Å². The number of pyridine rings is 1. The smallest absolute Gasteiger partial charge is 0.410 e. The molecule has 7 nitrogen and oxygen atoms in total. The number of halogens is 2. The summed E-state index contributed by atoms with van der Waals surface area (Å²) in [6.45, 7) is 1.03. The predicted octanol–water partition coefficient (Wildman–Crippen LogP) is 7.15. The monoisotopic (exact) mass is 634 g/mol. The zero-order valence-corrected chi connectivity index (χ0v) is 25.6. The Morgan fingerprint density at radius 1 is 0.955 bits per heavy atom. The Balaban J connectivity index is 1.03. The van der Waals surface area contributed by atoms with Crippen LogP contribution >= 0.6 is 11.6 Å². The van der Waals surface area contributed by atoms with Gasteiger partial charge in [-0.1, -0.05) is 54.1 Å². The van der Waals surface area contributed by atoms with Crippen LogP contribution in [-0.4, -0.2) is 43.1 Å². The summed E-state index contributed by atoms with van der Waals surface area (Å²) in [5.74, 6) is 0.298. The molecule has 2 aliphatic rings. The first-order valence-electron chi connectivity index (χ1n) is 14.5. The summed E-state index contributed by atoms with van der Waals surface area (Å²) in [7, 11) is -3.34. The van der Waals surface area contributed by atoms with E-state index in [2.05, 4.69) is 11.1 Å². The van der Waals surface area contributed by atoms with Crippen molar-refractivity contribution in [3.8, 4) is 16.9 Å². The van der Waals surface area contributed by atoms with E-state index in [9.17, 15) is 17.6 Å². The topological polar surface area (TPSA) is 85.8 Å². The number of carbonyl (C=O) groups is 1. The van der Waals surface area contributed by atoms with Gasteiger partial charge in [-0.05, 0) is 71.5 Å². The summed E-state index contributed by atoms with van der Waals surface area (Å²) in [5.41, 5.74) is 4.70. The molecule has 3 heterocycles. The van der Waals surface area contributed by atoms with E-state index in [0.717, 1.165) is 40.8 Å². The third-order valence-corrected chi connectivity index (χ3v) is 10.2. The molecule has 1 aromatic heterocycles. The van der Waals surface area contributed by atoms with Crippen molar-refractivity contribution in [2.24, 2.45) is 0 Å². The van der Waals surface area contributed by atoms with Crippen LogP contribution in [0.5, 0.6) is 5.75 Å². The summed E-state index contributed by atoms with van der Waals surface area (Å²) in [6.07, 6.45) is 4.29. The van der Waals surface area contributed by atoms with Crippen LogP contribution in [0.15, 0.2) is 85.1 Å². The molecule has 1 amide bonds. The van der Waals surface area contributed by atoms with Gasteiger partial charge in [-0.3, -0.25) is 4.98 Å². The highest BCUT2D eigenvalue weighted by atomic mass is 35.5. The minimum Gasteiger partial charge on any atom is -0.487 e. The van der Waals surface area contributed by atoms with E-state index in [1.165, 1.54) is 18.2 Å². The number of likely N-dealkylation sites (tertiary alicyclic amines) is 1. The van der Waals surface area contributed by atoms with Gasteiger partial charge in [0, 0.05) is 37.7 Å². The maximum atomic E-state index is 13.3. The number of ether oxygens (including phenoxy) is 2. The number of hydrogen-bond donors (Lipinski definition) is 0. The second kappa shape index (κ2) is 12.6. The molecule has 1 fully saturated rings. The molecule has 1 spiro atoms. The lowest BCUT2D eigenvalue weighted by atomic mass is 9.82. The fraction of sp³-hybridized carbons (Fsp3) is 0.294. The van der Waals surface area contributed by atoms with Gasteiger partial charge in [0.25, 0.3) is 0 Å². The number of benzene rings is 3. The second-order valence-corrected chi connectivity index (χ2v) is 13.9. The van der Waals surface area contributed by atoms with Gasteiger partial charge >= 0.3 is 6.09 Å². The lowest BCUT2D eigenvalue weighted by Gasteiger charge is -2.44. The van der Waals surface area contributed by atoms with Crippen LogP contribution in [-0.2, 0) is 39.1 Å². The molecule has 0 N–H and O–H groups in total. The Labute approximate surface area is 261 Å². The van der Waals surface area contributed by atoms with Gasteiger partial charge in [0.05, 0.1) is 22.2 Å². The fourth-order valence-corrected chi connectivity index (χ4v) is 7.47. The Bertz CT molecular complexity index is 1760. The Hall–Kier alpha value is -3.95. The summed E-state index contributed by atoms with van der Waals surface area (Å²) < 4.78 is 50.6. The minimum absolute atomic E-state index is 0.0143. The van der Waals surface area contributed by atoms with E-state index in [4.69, 9.17) is 21.1 Å². The number of carbonyl (C=O) groups excluding carboxylic acids is 1. The molecule has 2 aliphatic heterocycles. The maximum absolute atomic E-state index is 13.3. The minimum atomic E-state index is -3.34. The number of aryl methyl sites for hydroxylation is 1. The van der Waals surface area contributed by atoms with Crippen molar-refractivity contribution in [1.29, 1.82) is 0 Å². The molecule has 0 atom stereocenters. The number of piperidine rings is 1. The highest BCUT2D eigenvalue weighted by Gasteiger charge is 2.40. The van der Waals surface area contributed by atoms with Crippen LogP contribution < -0.4 is 4.74 Å². The molecule has 3 aromatic carbocycles. The number of sulfone groups is 1. The SMILES string of the molecule is O=C(OCc1ccc(F)cc1Cl)N1CCC2(CCc3cc(-c4ccc(CS(=O)(=O)Cc5ccccn5)cc4)ccc3O2)CC1. The van der Waals surface area contributed by atoms with E-state index in [1.807, 2.05) is 36.4 Å². The van der Waals surface area contributed by atoms with Gasteiger partial charge in [-0.25, -0.2) is 17.6 Å². The average molecular weight is 635 g/mol. The number of hydrogen-bond acceptors (Lipinski definition) is 6. The van der Waals surface area contributed by atoms with Crippen molar-refractivity contribution in [1.82, 2.24) is 9.88 Å². The van der Waals surface area contributed by atoms with Crippen LogP contribution in [0.4, 0.5) is 9.18 Å². The Kier molecular flexibility index (Phi) is 8.60. The van der Waals surface area contributed by atoms with E-state index < -0.39 is 21.7 Å². The van der Waals surface area contributed by atoms with Crippen molar-refractivity contribution < 1.29 is 27.1 Å². The molecule has 0 bridgehead atoms. The summed E-state index contributed by atoms with van der Waals surface area (Å²) >= 11 is 6.05. The van der Waals surface area contributed by atoms with Crippen LogP contribution in [0, 0.1) is 5.82 Å². The summed E-state index contributed by atoms with van der Waals surface area (Å²) in [5, 5.41) is 0.229. The van der Waals surface area contributed by atoms with Gasteiger partial charge in [0.1, 0.15) is 23.8 Å². The maximum Gasteiger partial charge on any atom is 0.410 e. The van der Waals surface area contributed by atoms with Gasteiger partial charge in [0.15, 0.2) is 9.84 Å². The van der Waals surface area contributed by atoms with Crippen molar-refractivity contribution in [3.63, 3.8) is 0 Å². The van der Waals surface area contributed by atoms with Crippen molar-refractivity contribution >= 4 is 27.5 Å². The number of amides is 1.